The van der Waals surface area contributed by atoms with E-state index in [1.165, 1.54) is 347 Å². The number of unbranched alkanes of at least 4 members (excludes halogenated alkanes) is 60. The van der Waals surface area contributed by atoms with Crippen LogP contribution in [-0.2, 0) is 28.6 Å². The van der Waals surface area contributed by atoms with Crippen molar-refractivity contribution in [1.29, 1.82) is 0 Å². The zero-order valence-electron chi connectivity index (χ0n) is 55.6. The summed E-state index contributed by atoms with van der Waals surface area (Å²) in [6.45, 7) is 6.72. The van der Waals surface area contributed by atoms with Gasteiger partial charge >= 0.3 is 17.9 Å². The van der Waals surface area contributed by atoms with Crippen molar-refractivity contribution < 1.29 is 28.6 Å². The number of ether oxygens (including phenoxy) is 3. The van der Waals surface area contributed by atoms with E-state index in [1.54, 1.807) is 0 Å². The van der Waals surface area contributed by atoms with Crippen molar-refractivity contribution in [2.45, 2.75) is 451 Å². The van der Waals surface area contributed by atoms with Crippen molar-refractivity contribution in [3.05, 3.63) is 0 Å². The van der Waals surface area contributed by atoms with Gasteiger partial charge in [-0.3, -0.25) is 14.4 Å². The van der Waals surface area contributed by atoms with Gasteiger partial charge < -0.3 is 14.2 Å². The third kappa shape index (κ3) is 69.1. The third-order valence-electron chi connectivity index (χ3n) is 17.6. The fourth-order valence-electron chi connectivity index (χ4n) is 12.0. The third-order valence-corrected chi connectivity index (χ3v) is 17.6. The van der Waals surface area contributed by atoms with Crippen LogP contribution in [0.3, 0.4) is 0 Å². The summed E-state index contributed by atoms with van der Waals surface area (Å²) >= 11 is 0. The average Bonchev–Trinajstić information content (AvgIpc) is 3.47. The summed E-state index contributed by atoms with van der Waals surface area (Å²) < 4.78 is 17.0. The first kappa shape index (κ1) is 79.4. The number of carbonyl (C=O) groups excluding carboxylic acids is 3. The second-order valence-electron chi connectivity index (χ2n) is 25.9. The molecule has 0 spiro atoms. The normalized spacial score (nSPS) is 11.9. The minimum atomic E-state index is -0.763. The first-order valence-electron chi connectivity index (χ1n) is 37.5. The standard InChI is InChI=1S/C75H146O6/c1-4-7-10-13-16-19-21-23-25-27-29-31-33-35-36-37-38-39-40-42-43-45-47-49-51-53-56-59-62-65-68-74(77)80-71-72(70-79-73(76)67-64-61-58-55-18-15-12-9-6-3)81-75(78)69-66-63-60-57-54-52-50-48-46-44-41-34-32-30-28-26-24-22-20-17-14-11-8-5-2/h72H,4-71H2,1-3H3. The Hall–Kier alpha value is -1.59. The van der Waals surface area contributed by atoms with Crippen LogP contribution < -0.4 is 0 Å². The van der Waals surface area contributed by atoms with Gasteiger partial charge in [0.2, 0.25) is 0 Å². The molecule has 0 aromatic heterocycles. The maximum Gasteiger partial charge on any atom is 0.306 e. The average molecular weight is 1140 g/mol. The van der Waals surface area contributed by atoms with Crippen LogP contribution in [0.15, 0.2) is 0 Å². The number of rotatable bonds is 71. The number of hydrogen-bond donors (Lipinski definition) is 0. The van der Waals surface area contributed by atoms with Crippen LogP contribution in [0.2, 0.25) is 0 Å². The molecule has 0 rings (SSSR count). The summed E-state index contributed by atoms with van der Waals surface area (Å²) in [5.41, 5.74) is 0. The summed E-state index contributed by atoms with van der Waals surface area (Å²) in [7, 11) is 0. The molecule has 6 nitrogen and oxygen atoms in total. The van der Waals surface area contributed by atoms with Gasteiger partial charge in [0.1, 0.15) is 13.2 Å². The summed E-state index contributed by atoms with van der Waals surface area (Å²) in [5.74, 6) is -0.824. The molecule has 0 aliphatic heterocycles. The Morgan fingerprint density at radius 1 is 0.198 bits per heavy atom. The van der Waals surface area contributed by atoms with Crippen molar-refractivity contribution in [3.8, 4) is 0 Å². The predicted octanol–water partition coefficient (Wildman–Crippen LogP) is 25.8. The summed E-state index contributed by atoms with van der Waals surface area (Å²) in [4.78, 5) is 38.3. The summed E-state index contributed by atoms with van der Waals surface area (Å²) in [6.07, 6.45) is 84.6. The van der Waals surface area contributed by atoms with E-state index in [4.69, 9.17) is 14.2 Å². The lowest BCUT2D eigenvalue weighted by Crippen LogP contribution is -2.30. The molecule has 0 fully saturated rings. The Labute approximate surface area is 508 Å². The van der Waals surface area contributed by atoms with Crippen molar-refractivity contribution >= 4 is 17.9 Å². The van der Waals surface area contributed by atoms with Crippen molar-refractivity contribution in [2.75, 3.05) is 13.2 Å². The van der Waals surface area contributed by atoms with E-state index >= 15 is 0 Å². The molecule has 0 aromatic carbocycles. The van der Waals surface area contributed by atoms with Crippen LogP contribution in [0.25, 0.3) is 0 Å². The zero-order valence-corrected chi connectivity index (χ0v) is 55.6. The Bertz CT molecular complexity index is 1220. The van der Waals surface area contributed by atoms with E-state index in [9.17, 15) is 14.4 Å². The van der Waals surface area contributed by atoms with Crippen LogP contribution >= 0.6 is 0 Å². The van der Waals surface area contributed by atoms with E-state index < -0.39 is 6.10 Å². The van der Waals surface area contributed by atoms with Crippen LogP contribution in [-0.4, -0.2) is 37.2 Å². The van der Waals surface area contributed by atoms with Gasteiger partial charge in [0.25, 0.3) is 0 Å². The SMILES string of the molecule is CCCCCCCCCCCCCCCCCCCCCCCCCCCCCCCCC(=O)OCC(COC(=O)CCCCCCCCCCC)OC(=O)CCCCCCCCCCCCCCCCCCCCCCCCCC. The van der Waals surface area contributed by atoms with E-state index in [0.29, 0.717) is 19.3 Å². The van der Waals surface area contributed by atoms with Gasteiger partial charge in [-0.1, -0.05) is 406 Å². The van der Waals surface area contributed by atoms with Gasteiger partial charge in [-0.2, -0.15) is 0 Å². The monoisotopic (exact) mass is 1140 g/mol. The fourth-order valence-corrected chi connectivity index (χ4v) is 12.0. The van der Waals surface area contributed by atoms with Crippen molar-refractivity contribution in [2.24, 2.45) is 0 Å². The lowest BCUT2D eigenvalue weighted by atomic mass is 10.0. The van der Waals surface area contributed by atoms with E-state index in [0.717, 1.165) is 57.8 Å². The molecular weight excluding hydrogens is 997 g/mol. The van der Waals surface area contributed by atoms with Crippen LogP contribution in [0, 0.1) is 0 Å². The lowest BCUT2D eigenvalue weighted by molar-refractivity contribution is -0.167. The highest BCUT2D eigenvalue weighted by atomic mass is 16.6. The molecule has 482 valence electrons. The topological polar surface area (TPSA) is 78.9 Å². The minimum absolute atomic E-state index is 0.0606. The first-order valence-corrected chi connectivity index (χ1v) is 37.5. The Morgan fingerprint density at radius 2 is 0.333 bits per heavy atom. The molecule has 81 heavy (non-hydrogen) atoms. The number of carbonyl (C=O) groups is 3. The van der Waals surface area contributed by atoms with Gasteiger partial charge in [0.15, 0.2) is 6.10 Å². The smallest absolute Gasteiger partial charge is 0.306 e. The molecule has 1 unspecified atom stereocenters. The molecule has 6 heteroatoms. The molecular formula is C75H146O6. The predicted molar refractivity (Wildman–Crippen MR) is 354 cm³/mol. The molecule has 0 saturated carbocycles. The summed E-state index contributed by atoms with van der Waals surface area (Å²) in [5, 5.41) is 0. The second-order valence-corrected chi connectivity index (χ2v) is 25.9. The molecule has 0 amide bonds. The highest BCUT2D eigenvalue weighted by molar-refractivity contribution is 5.71. The summed E-state index contributed by atoms with van der Waals surface area (Å²) in [6, 6.07) is 0. The maximum atomic E-state index is 12.9. The maximum absolute atomic E-state index is 12.9. The van der Waals surface area contributed by atoms with Gasteiger partial charge in [0.05, 0.1) is 0 Å². The molecule has 0 N–H and O–H groups in total. The number of hydrogen-bond acceptors (Lipinski definition) is 6. The Kier molecular flexibility index (Phi) is 69.5. The van der Waals surface area contributed by atoms with E-state index in [2.05, 4.69) is 20.8 Å². The van der Waals surface area contributed by atoms with Gasteiger partial charge in [-0.25, -0.2) is 0 Å². The quantitative estimate of drug-likeness (QED) is 0.0343. The van der Waals surface area contributed by atoms with Gasteiger partial charge in [0, 0.05) is 19.3 Å². The van der Waals surface area contributed by atoms with Crippen LogP contribution in [0.1, 0.15) is 445 Å². The zero-order chi connectivity index (χ0) is 58.5. The van der Waals surface area contributed by atoms with Crippen LogP contribution in [0.5, 0.6) is 0 Å². The molecule has 0 radical (unpaired) electrons. The molecule has 0 saturated heterocycles. The molecule has 0 aromatic rings. The molecule has 0 aliphatic carbocycles. The minimum Gasteiger partial charge on any atom is -0.462 e. The van der Waals surface area contributed by atoms with Gasteiger partial charge in [-0.15, -0.1) is 0 Å². The lowest BCUT2D eigenvalue weighted by Gasteiger charge is -2.18. The molecule has 0 aliphatic rings. The second kappa shape index (κ2) is 70.9. The Balaban J connectivity index is 4.02. The van der Waals surface area contributed by atoms with E-state index in [1.807, 2.05) is 0 Å². The fraction of sp³-hybridized carbons (Fsp3) is 0.960. The molecule has 0 bridgehead atoms. The highest BCUT2D eigenvalue weighted by Gasteiger charge is 2.20. The largest absolute Gasteiger partial charge is 0.462 e. The highest BCUT2D eigenvalue weighted by Crippen LogP contribution is 2.20. The van der Waals surface area contributed by atoms with E-state index in [-0.39, 0.29) is 31.1 Å². The molecule has 0 heterocycles. The molecule has 1 atom stereocenters. The number of esters is 3. The first-order chi connectivity index (χ1) is 40.0. The Morgan fingerprint density at radius 3 is 0.494 bits per heavy atom. The van der Waals surface area contributed by atoms with Gasteiger partial charge in [-0.05, 0) is 19.3 Å². The van der Waals surface area contributed by atoms with Crippen molar-refractivity contribution in [1.82, 2.24) is 0 Å². The van der Waals surface area contributed by atoms with Crippen LogP contribution in [0.4, 0.5) is 0 Å². The van der Waals surface area contributed by atoms with Crippen molar-refractivity contribution in [3.63, 3.8) is 0 Å².